The van der Waals surface area contributed by atoms with E-state index in [2.05, 4.69) is 11.8 Å². The molecule has 1 saturated heterocycles. The van der Waals surface area contributed by atoms with Crippen LogP contribution < -0.4 is 0 Å². The second kappa shape index (κ2) is 8.32. The number of alkyl halides is 1. The van der Waals surface area contributed by atoms with E-state index in [-0.39, 0.29) is 0 Å². The van der Waals surface area contributed by atoms with Gasteiger partial charge in [-0.2, -0.15) is 0 Å². The molecule has 1 fully saturated rings. The lowest BCUT2D eigenvalue weighted by atomic mass is 9.97. The zero-order valence-electron chi connectivity index (χ0n) is 10.8. The molecule has 1 aliphatic rings. The molecule has 0 amide bonds. The summed E-state index contributed by atoms with van der Waals surface area (Å²) in [5, 5.41) is 0. The normalized spacial score (nSPS) is 24.6. The molecule has 2 atom stereocenters. The Labute approximate surface area is 105 Å². The SMILES string of the molecule is COCC1CCCN(CCC(C)CCCl)C1. The van der Waals surface area contributed by atoms with Gasteiger partial charge in [0.25, 0.3) is 0 Å². The number of rotatable bonds is 7. The molecule has 1 rings (SSSR count). The van der Waals surface area contributed by atoms with Gasteiger partial charge in [-0.1, -0.05) is 6.92 Å². The van der Waals surface area contributed by atoms with E-state index in [0.29, 0.717) is 0 Å². The summed E-state index contributed by atoms with van der Waals surface area (Å²) in [6.07, 6.45) is 5.10. The van der Waals surface area contributed by atoms with Gasteiger partial charge in [0.15, 0.2) is 0 Å². The van der Waals surface area contributed by atoms with Crippen molar-refractivity contribution in [3.63, 3.8) is 0 Å². The molecule has 0 N–H and O–H groups in total. The van der Waals surface area contributed by atoms with Crippen LogP contribution in [0.15, 0.2) is 0 Å². The first-order chi connectivity index (χ1) is 7.76. The summed E-state index contributed by atoms with van der Waals surface area (Å²) in [6.45, 7) is 6.96. The number of ether oxygens (including phenoxy) is 1. The Morgan fingerprint density at radius 1 is 1.44 bits per heavy atom. The van der Waals surface area contributed by atoms with Crippen molar-refractivity contribution in [1.29, 1.82) is 0 Å². The van der Waals surface area contributed by atoms with Crippen molar-refractivity contribution in [3.05, 3.63) is 0 Å². The quantitative estimate of drug-likeness (QED) is 0.642. The van der Waals surface area contributed by atoms with Crippen LogP contribution in [0.1, 0.15) is 32.6 Å². The van der Waals surface area contributed by atoms with Crippen molar-refractivity contribution in [1.82, 2.24) is 4.90 Å². The Bertz CT molecular complexity index is 175. The number of hydrogen-bond acceptors (Lipinski definition) is 2. The van der Waals surface area contributed by atoms with E-state index in [1.54, 1.807) is 0 Å². The highest BCUT2D eigenvalue weighted by molar-refractivity contribution is 6.17. The molecule has 2 unspecified atom stereocenters. The molecule has 0 aromatic carbocycles. The Hall–Kier alpha value is 0.210. The van der Waals surface area contributed by atoms with Crippen molar-refractivity contribution in [2.75, 3.05) is 39.2 Å². The molecule has 1 heterocycles. The molecule has 96 valence electrons. The van der Waals surface area contributed by atoms with E-state index in [1.165, 1.54) is 38.9 Å². The van der Waals surface area contributed by atoms with E-state index >= 15 is 0 Å². The second-order valence-corrected chi connectivity index (χ2v) is 5.51. The number of nitrogens with zero attached hydrogens (tertiary/aromatic N) is 1. The minimum absolute atomic E-state index is 0.752. The maximum Gasteiger partial charge on any atom is 0.0502 e. The summed E-state index contributed by atoms with van der Waals surface area (Å²) in [5.74, 6) is 2.32. The third-order valence-corrected chi connectivity index (χ3v) is 3.76. The van der Waals surface area contributed by atoms with Crippen molar-refractivity contribution in [2.45, 2.75) is 32.6 Å². The van der Waals surface area contributed by atoms with Gasteiger partial charge in [-0.3, -0.25) is 0 Å². The Morgan fingerprint density at radius 3 is 2.94 bits per heavy atom. The van der Waals surface area contributed by atoms with E-state index in [0.717, 1.165) is 30.7 Å². The van der Waals surface area contributed by atoms with Gasteiger partial charge in [-0.05, 0) is 50.6 Å². The van der Waals surface area contributed by atoms with Gasteiger partial charge in [0.05, 0.1) is 6.61 Å². The van der Waals surface area contributed by atoms with Gasteiger partial charge in [-0.15, -0.1) is 11.6 Å². The average molecular weight is 248 g/mol. The maximum absolute atomic E-state index is 5.75. The van der Waals surface area contributed by atoms with Crippen molar-refractivity contribution in [3.8, 4) is 0 Å². The Kier molecular flexibility index (Phi) is 7.42. The molecule has 1 aliphatic heterocycles. The maximum atomic E-state index is 5.75. The monoisotopic (exact) mass is 247 g/mol. The minimum atomic E-state index is 0.752. The molecular weight excluding hydrogens is 222 g/mol. The predicted octanol–water partition coefficient (Wildman–Crippen LogP) is 3.00. The second-order valence-electron chi connectivity index (χ2n) is 5.14. The summed E-state index contributed by atoms with van der Waals surface area (Å²) in [5.41, 5.74) is 0. The molecule has 2 nitrogen and oxygen atoms in total. The number of halogens is 1. The zero-order valence-corrected chi connectivity index (χ0v) is 11.5. The third kappa shape index (κ3) is 5.51. The van der Waals surface area contributed by atoms with Gasteiger partial charge in [0, 0.05) is 19.5 Å². The van der Waals surface area contributed by atoms with Crippen molar-refractivity contribution < 1.29 is 4.74 Å². The van der Waals surface area contributed by atoms with E-state index in [1.807, 2.05) is 7.11 Å². The lowest BCUT2D eigenvalue weighted by molar-refractivity contribution is 0.0881. The summed E-state index contributed by atoms with van der Waals surface area (Å²) in [7, 11) is 1.81. The first-order valence-corrected chi connectivity index (χ1v) is 7.07. The smallest absolute Gasteiger partial charge is 0.0502 e. The van der Waals surface area contributed by atoms with E-state index in [4.69, 9.17) is 16.3 Å². The first-order valence-electron chi connectivity index (χ1n) is 6.53. The fourth-order valence-electron chi connectivity index (χ4n) is 2.46. The van der Waals surface area contributed by atoms with E-state index in [9.17, 15) is 0 Å². The first kappa shape index (κ1) is 14.3. The lowest BCUT2D eigenvalue weighted by Gasteiger charge is -2.32. The third-order valence-electron chi connectivity index (χ3n) is 3.55. The molecule has 0 saturated carbocycles. The number of likely N-dealkylation sites (tertiary alicyclic amines) is 1. The molecular formula is C13H26ClNO. The summed E-state index contributed by atoms with van der Waals surface area (Å²) in [4.78, 5) is 2.60. The molecule has 16 heavy (non-hydrogen) atoms. The fourth-order valence-corrected chi connectivity index (χ4v) is 2.83. The average Bonchev–Trinajstić information content (AvgIpc) is 2.28. The van der Waals surface area contributed by atoms with Crippen LogP contribution in [0.5, 0.6) is 0 Å². The van der Waals surface area contributed by atoms with Crippen LogP contribution >= 0.6 is 11.6 Å². The zero-order chi connectivity index (χ0) is 11.8. The largest absolute Gasteiger partial charge is 0.384 e. The van der Waals surface area contributed by atoms with Crippen LogP contribution in [0.3, 0.4) is 0 Å². The van der Waals surface area contributed by atoms with Crippen LogP contribution in [0.2, 0.25) is 0 Å². The van der Waals surface area contributed by atoms with Gasteiger partial charge in [0.2, 0.25) is 0 Å². The fraction of sp³-hybridized carbons (Fsp3) is 1.00. The summed E-state index contributed by atoms with van der Waals surface area (Å²) in [6, 6.07) is 0. The van der Waals surface area contributed by atoms with Gasteiger partial charge < -0.3 is 9.64 Å². The number of piperidine rings is 1. The van der Waals surface area contributed by atoms with Crippen LogP contribution in [0.4, 0.5) is 0 Å². The predicted molar refractivity (Wildman–Crippen MR) is 70.2 cm³/mol. The van der Waals surface area contributed by atoms with Crippen LogP contribution in [-0.2, 0) is 4.74 Å². The van der Waals surface area contributed by atoms with Crippen LogP contribution in [-0.4, -0.2) is 44.1 Å². The van der Waals surface area contributed by atoms with Crippen molar-refractivity contribution >= 4 is 11.6 Å². The van der Waals surface area contributed by atoms with E-state index < -0.39 is 0 Å². The molecule has 0 bridgehead atoms. The molecule has 0 radical (unpaired) electrons. The van der Waals surface area contributed by atoms with Gasteiger partial charge >= 0.3 is 0 Å². The molecule has 0 aliphatic carbocycles. The topological polar surface area (TPSA) is 12.5 Å². The minimum Gasteiger partial charge on any atom is -0.384 e. The highest BCUT2D eigenvalue weighted by Gasteiger charge is 2.19. The highest BCUT2D eigenvalue weighted by Crippen LogP contribution is 2.18. The molecule has 3 heteroatoms. The molecule has 0 aromatic rings. The summed E-state index contributed by atoms with van der Waals surface area (Å²) >= 11 is 5.75. The molecule has 0 aromatic heterocycles. The van der Waals surface area contributed by atoms with Crippen molar-refractivity contribution in [2.24, 2.45) is 11.8 Å². The van der Waals surface area contributed by atoms with Crippen LogP contribution in [0, 0.1) is 11.8 Å². The highest BCUT2D eigenvalue weighted by atomic mass is 35.5. The van der Waals surface area contributed by atoms with Gasteiger partial charge in [-0.25, -0.2) is 0 Å². The number of methoxy groups -OCH3 is 1. The van der Waals surface area contributed by atoms with Gasteiger partial charge in [0.1, 0.15) is 0 Å². The Balaban J connectivity index is 2.16. The summed E-state index contributed by atoms with van der Waals surface area (Å²) < 4.78 is 5.25. The standard InChI is InChI=1S/C13H26ClNO/c1-12(5-7-14)6-9-15-8-3-4-13(10-15)11-16-2/h12-13H,3-11H2,1-2H3. The lowest BCUT2D eigenvalue weighted by Crippen LogP contribution is -2.38. The Morgan fingerprint density at radius 2 is 2.25 bits per heavy atom. The number of hydrogen-bond donors (Lipinski definition) is 0. The van der Waals surface area contributed by atoms with Crippen LogP contribution in [0.25, 0.3) is 0 Å². The molecule has 0 spiro atoms.